The zero-order valence-electron chi connectivity index (χ0n) is 18.1. The van der Waals surface area contributed by atoms with Crippen LogP contribution in [-0.2, 0) is 11.0 Å². The number of carbonyl (C=O) groups is 1. The Morgan fingerprint density at radius 2 is 1.69 bits per heavy atom. The van der Waals surface area contributed by atoms with Crippen LogP contribution >= 0.6 is 35.0 Å². The fourth-order valence-corrected chi connectivity index (χ4v) is 4.33. The zero-order valence-corrected chi connectivity index (χ0v) is 20.4. The summed E-state index contributed by atoms with van der Waals surface area (Å²) in [6, 6.07) is 18.0. The van der Waals surface area contributed by atoms with Crippen LogP contribution in [0.4, 0.5) is 18.9 Å². The van der Waals surface area contributed by atoms with E-state index in [1.807, 2.05) is 47.9 Å². The molecule has 5 nitrogen and oxygen atoms in total. The van der Waals surface area contributed by atoms with Gasteiger partial charge < -0.3 is 5.32 Å². The summed E-state index contributed by atoms with van der Waals surface area (Å²) in [5.41, 5.74) is 1.62. The Bertz CT molecular complexity index is 1360. The first-order valence-electron chi connectivity index (χ1n) is 10.2. The van der Waals surface area contributed by atoms with Crippen molar-refractivity contribution in [3.63, 3.8) is 0 Å². The van der Waals surface area contributed by atoms with Gasteiger partial charge in [-0.3, -0.25) is 9.36 Å². The van der Waals surface area contributed by atoms with Gasteiger partial charge in [-0.1, -0.05) is 52.7 Å². The fourth-order valence-electron chi connectivity index (χ4n) is 3.22. The van der Waals surface area contributed by atoms with Crippen LogP contribution in [-0.4, -0.2) is 26.4 Å². The van der Waals surface area contributed by atoms with Crippen molar-refractivity contribution in [3.05, 3.63) is 87.9 Å². The third kappa shape index (κ3) is 5.98. The number of rotatable bonds is 6. The van der Waals surface area contributed by atoms with E-state index in [2.05, 4.69) is 15.5 Å². The molecule has 180 valence electrons. The smallest absolute Gasteiger partial charge is 0.325 e. The number of anilines is 1. The summed E-state index contributed by atoms with van der Waals surface area (Å²) in [5, 5.41) is 11.6. The zero-order chi connectivity index (χ0) is 25.2. The van der Waals surface area contributed by atoms with Crippen LogP contribution in [0.1, 0.15) is 11.1 Å². The Hall–Kier alpha value is -3.01. The second-order valence-corrected chi connectivity index (χ2v) is 9.30. The van der Waals surface area contributed by atoms with Crippen LogP contribution in [0.3, 0.4) is 0 Å². The van der Waals surface area contributed by atoms with Crippen molar-refractivity contribution in [1.29, 1.82) is 0 Å². The van der Waals surface area contributed by atoms with Crippen molar-refractivity contribution in [2.75, 3.05) is 11.1 Å². The average molecular weight is 537 g/mol. The lowest BCUT2D eigenvalue weighted by molar-refractivity contribution is -0.137. The molecule has 0 aliphatic heterocycles. The van der Waals surface area contributed by atoms with E-state index in [9.17, 15) is 18.0 Å². The number of aromatic nitrogens is 3. The first kappa shape index (κ1) is 25.1. The third-order valence-corrected chi connectivity index (χ3v) is 6.43. The molecule has 0 unspecified atom stereocenters. The number of alkyl halides is 3. The van der Waals surface area contributed by atoms with Gasteiger partial charge in [-0.2, -0.15) is 13.2 Å². The minimum atomic E-state index is -4.63. The van der Waals surface area contributed by atoms with E-state index in [0.29, 0.717) is 16.0 Å². The van der Waals surface area contributed by atoms with Gasteiger partial charge in [-0.15, -0.1) is 10.2 Å². The number of nitrogens with one attached hydrogen (secondary N) is 1. The molecule has 0 saturated carbocycles. The SMILES string of the molecule is Cc1ccc(-n2c(SCC(=O)Nc3ccc(Cl)c(C(F)(F)F)c3)nnc2-c2ccc(Cl)cc2)cc1. The van der Waals surface area contributed by atoms with Crippen molar-refractivity contribution in [2.24, 2.45) is 0 Å². The van der Waals surface area contributed by atoms with E-state index in [4.69, 9.17) is 23.2 Å². The molecule has 1 aromatic heterocycles. The predicted molar refractivity (Wildman–Crippen MR) is 132 cm³/mol. The van der Waals surface area contributed by atoms with Crippen LogP contribution in [0.2, 0.25) is 10.0 Å². The van der Waals surface area contributed by atoms with Crippen LogP contribution in [0, 0.1) is 6.92 Å². The van der Waals surface area contributed by atoms with E-state index in [1.54, 1.807) is 12.1 Å². The van der Waals surface area contributed by atoms with Crippen molar-refractivity contribution in [3.8, 4) is 17.1 Å². The van der Waals surface area contributed by atoms with Crippen LogP contribution < -0.4 is 5.32 Å². The van der Waals surface area contributed by atoms with Crippen molar-refractivity contribution in [2.45, 2.75) is 18.3 Å². The highest BCUT2D eigenvalue weighted by Crippen LogP contribution is 2.36. The van der Waals surface area contributed by atoms with Gasteiger partial charge in [0.1, 0.15) is 0 Å². The predicted octanol–water partition coefficient (Wildman–Crippen LogP) is 7.30. The molecule has 1 heterocycles. The Morgan fingerprint density at radius 3 is 2.34 bits per heavy atom. The maximum atomic E-state index is 13.1. The van der Waals surface area contributed by atoms with Gasteiger partial charge >= 0.3 is 6.18 Å². The van der Waals surface area contributed by atoms with Gasteiger partial charge in [0, 0.05) is 22.0 Å². The number of benzene rings is 3. The molecule has 0 aliphatic rings. The molecule has 0 fully saturated rings. The Morgan fingerprint density at radius 1 is 1.00 bits per heavy atom. The lowest BCUT2D eigenvalue weighted by atomic mass is 10.2. The summed E-state index contributed by atoms with van der Waals surface area (Å²) in [5.74, 6) is -0.0490. The van der Waals surface area contributed by atoms with Crippen LogP contribution in [0.5, 0.6) is 0 Å². The van der Waals surface area contributed by atoms with Crippen molar-refractivity contribution < 1.29 is 18.0 Å². The second kappa shape index (κ2) is 10.3. The second-order valence-electron chi connectivity index (χ2n) is 7.51. The number of hydrogen-bond acceptors (Lipinski definition) is 4. The third-order valence-electron chi connectivity index (χ3n) is 4.92. The molecular weight excluding hydrogens is 520 g/mol. The summed E-state index contributed by atoms with van der Waals surface area (Å²) in [7, 11) is 0. The molecule has 4 aromatic rings. The van der Waals surface area contributed by atoms with Gasteiger partial charge in [0.25, 0.3) is 0 Å². The number of thioether (sulfide) groups is 1. The molecule has 35 heavy (non-hydrogen) atoms. The molecule has 1 N–H and O–H groups in total. The number of nitrogens with zero attached hydrogens (tertiary/aromatic N) is 3. The standard InChI is InChI=1S/C24H17Cl2F3N4OS/c1-14-2-9-18(10-3-14)33-22(15-4-6-16(25)7-5-15)31-32-23(33)35-13-21(34)30-17-8-11-20(26)19(12-17)24(27,28)29/h2-12H,13H2,1H3,(H,30,34). The van der Waals surface area contributed by atoms with Crippen molar-refractivity contribution >= 4 is 46.6 Å². The highest BCUT2D eigenvalue weighted by molar-refractivity contribution is 7.99. The van der Waals surface area contributed by atoms with Crippen LogP contribution in [0.25, 0.3) is 17.1 Å². The van der Waals surface area contributed by atoms with E-state index < -0.39 is 22.7 Å². The van der Waals surface area contributed by atoms with Gasteiger partial charge in [0.05, 0.1) is 16.3 Å². The van der Waals surface area contributed by atoms with E-state index in [-0.39, 0.29) is 11.4 Å². The number of halogens is 5. The molecule has 1 amide bonds. The summed E-state index contributed by atoms with van der Waals surface area (Å²) < 4.78 is 41.1. The van der Waals surface area contributed by atoms with Gasteiger partial charge in [0.2, 0.25) is 5.91 Å². The molecular formula is C24H17Cl2F3N4OS. The van der Waals surface area contributed by atoms with E-state index >= 15 is 0 Å². The summed E-state index contributed by atoms with van der Waals surface area (Å²) in [6.45, 7) is 1.97. The summed E-state index contributed by atoms with van der Waals surface area (Å²) >= 11 is 12.8. The fraction of sp³-hybridized carbons (Fsp3) is 0.125. The topological polar surface area (TPSA) is 59.8 Å². The van der Waals surface area contributed by atoms with E-state index in [1.165, 1.54) is 6.07 Å². The quantitative estimate of drug-likeness (QED) is 0.262. The maximum absolute atomic E-state index is 13.1. The monoisotopic (exact) mass is 536 g/mol. The first-order valence-corrected chi connectivity index (χ1v) is 11.9. The molecule has 0 spiro atoms. The molecule has 3 aromatic carbocycles. The van der Waals surface area contributed by atoms with Crippen molar-refractivity contribution in [1.82, 2.24) is 14.8 Å². The maximum Gasteiger partial charge on any atom is 0.417 e. The Balaban J connectivity index is 1.57. The molecule has 0 atom stereocenters. The Kier molecular flexibility index (Phi) is 7.39. The van der Waals surface area contributed by atoms with Gasteiger partial charge in [-0.05, 0) is 61.5 Å². The summed E-state index contributed by atoms with van der Waals surface area (Å²) in [6.07, 6.45) is -4.63. The summed E-state index contributed by atoms with van der Waals surface area (Å²) in [4.78, 5) is 12.5. The lowest BCUT2D eigenvalue weighted by Gasteiger charge is -2.12. The number of hydrogen-bond donors (Lipinski definition) is 1. The number of carbonyl (C=O) groups excluding carboxylic acids is 1. The minimum Gasteiger partial charge on any atom is -0.325 e. The minimum absolute atomic E-state index is 0.00539. The number of aryl methyl sites for hydroxylation is 1. The molecule has 11 heteroatoms. The lowest BCUT2D eigenvalue weighted by Crippen LogP contribution is -2.15. The highest BCUT2D eigenvalue weighted by Gasteiger charge is 2.33. The molecule has 4 rings (SSSR count). The largest absolute Gasteiger partial charge is 0.417 e. The molecule has 0 saturated heterocycles. The normalized spacial score (nSPS) is 11.5. The van der Waals surface area contributed by atoms with Crippen LogP contribution in [0.15, 0.2) is 71.9 Å². The Labute approximate surface area is 213 Å². The molecule has 0 bridgehead atoms. The van der Waals surface area contributed by atoms with Gasteiger partial charge in [0.15, 0.2) is 11.0 Å². The average Bonchev–Trinajstić information content (AvgIpc) is 3.23. The number of amides is 1. The first-order chi connectivity index (χ1) is 16.6. The highest BCUT2D eigenvalue weighted by atomic mass is 35.5. The molecule has 0 aliphatic carbocycles. The van der Waals surface area contributed by atoms with E-state index in [0.717, 1.165) is 40.7 Å². The van der Waals surface area contributed by atoms with Gasteiger partial charge in [-0.25, -0.2) is 0 Å². The molecule has 0 radical (unpaired) electrons.